The van der Waals surface area contributed by atoms with E-state index in [9.17, 15) is 0 Å². The number of nitrogens with one attached hydrogen (secondary N) is 1. The highest BCUT2D eigenvalue weighted by atomic mass is 79.9. The van der Waals surface area contributed by atoms with Crippen LogP contribution in [0.5, 0.6) is 0 Å². The van der Waals surface area contributed by atoms with E-state index in [1.165, 1.54) is 5.56 Å². The molecule has 148 valence electrons. The third kappa shape index (κ3) is 5.69. The van der Waals surface area contributed by atoms with Crippen LogP contribution in [-0.2, 0) is 0 Å². The van der Waals surface area contributed by atoms with E-state index in [-0.39, 0.29) is 0 Å². The molecule has 0 heterocycles. The summed E-state index contributed by atoms with van der Waals surface area (Å²) in [5.74, 6) is 0.485. The van der Waals surface area contributed by atoms with E-state index in [1.54, 1.807) is 0 Å². The Morgan fingerprint density at radius 2 is 1.78 bits per heavy atom. The van der Waals surface area contributed by atoms with Crippen LogP contribution in [0.2, 0.25) is 10.0 Å². The Labute approximate surface area is 181 Å². The van der Waals surface area contributed by atoms with Crippen LogP contribution in [0, 0.1) is 0 Å². The average Bonchev–Trinajstić information content (AvgIpc) is 2.62. The first-order valence-electron chi connectivity index (χ1n) is 9.36. The van der Waals surface area contributed by atoms with E-state index in [4.69, 9.17) is 28.9 Å². The molecule has 0 aliphatic heterocycles. The van der Waals surface area contributed by atoms with Crippen molar-refractivity contribution in [2.45, 2.75) is 45.4 Å². The minimum Gasteiger partial charge on any atom is -0.396 e. The number of rotatable bonds is 9. The molecule has 0 radical (unpaired) electrons. The molecular weight excluding hydrogens is 445 g/mol. The topological polar surface area (TPSA) is 41.3 Å². The highest BCUT2D eigenvalue weighted by molar-refractivity contribution is 9.10. The van der Waals surface area contributed by atoms with Crippen molar-refractivity contribution in [1.82, 2.24) is 0 Å². The minimum absolute atomic E-state index is 0.485. The number of hydrogen-bond donors (Lipinski definition) is 2. The molecule has 0 aliphatic rings. The zero-order valence-electron chi connectivity index (χ0n) is 16.2. The quantitative estimate of drug-likeness (QED) is 0.292. The first-order chi connectivity index (χ1) is 12.9. The summed E-state index contributed by atoms with van der Waals surface area (Å²) < 4.78 is 0.928. The summed E-state index contributed by atoms with van der Waals surface area (Å²) in [5.41, 5.74) is 10.3. The average molecular weight is 473 g/mol. The first kappa shape index (κ1) is 22.2. The van der Waals surface area contributed by atoms with Crippen LogP contribution in [-0.4, -0.2) is 13.7 Å². The number of nitrogens with two attached hydrogens (primary N) is 1. The van der Waals surface area contributed by atoms with E-state index >= 15 is 0 Å². The number of nitrogen functional groups attached to an aromatic ring is 1. The molecule has 0 fully saturated rings. The van der Waals surface area contributed by atoms with E-state index in [0.29, 0.717) is 28.3 Å². The van der Waals surface area contributed by atoms with Gasteiger partial charge in [0.05, 0.1) is 23.1 Å². The fourth-order valence-corrected chi connectivity index (χ4v) is 4.40. The lowest BCUT2D eigenvalue weighted by Gasteiger charge is -2.29. The van der Waals surface area contributed by atoms with Crippen LogP contribution in [0.1, 0.15) is 51.0 Å². The molecule has 2 aromatic rings. The summed E-state index contributed by atoms with van der Waals surface area (Å²) >= 11 is 15.9. The monoisotopic (exact) mass is 471 g/mol. The molecule has 0 saturated carbocycles. The molecule has 3 N–H and O–H groups in total. The van der Waals surface area contributed by atoms with Crippen molar-refractivity contribution in [3.63, 3.8) is 0 Å². The predicted octanol–water partition coefficient (Wildman–Crippen LogP) is 7.53. The van der Waals surface area contributed by atoms with Gasteiger partial charge in [-0.15, -0.1) is 0 Å². The molecule has 6 heteroatoms. The standard InChI is InChI=1S/C21H28BrCl2N3/c1-4-6-14(7-5-2)16-9-10-18(24)20(25)21(16)27(3)13-26-19-11-8-15(23)12-17(19)22/h8-12,14,26H,4-7,13,25H2,1-3H3. The smallest absolute Gasteiger partial charge is 0.0874 e. The Hall–Kier alpha value is -1.10. The first-order valence-corrected chi connectivity index (χ1v) is 10.9. The summed E-state index contributed by atoms with van der Waals surface area (Å²) in [5, 5.41) is 4.73. The second kappa shape index (κ2) is 10.4. The SMILES string of the molecule is CCCC(CCC)c1ccc(Cl)c(N)c1N(C)CNc1ccc(Cl)cc1Br. The van der Waals surface area contributed by atoms with Crippen LogP contribution in [0.4, 0.5) is 17.1 Å². The van der Waals surface area contributed by atoms with Crippen molar-refractivity contribution in [2.24, 2.45) is 0 Å². The van der Waals surface area contributed by atoms with Gasteiger partial charge >= 0.3 is 0 Å². The number of benzene rings is 2. The molecule has 3 nitrogen and oxygen atoms in total. The van der Waals surface area contributed by atoms with Gasteiger partial charge in [0.1, 0.15) is 0 Å². The molecule has 27 heavy (non-hydrogen) atoms. The Morgan fingerprint density at radius 3 is 2.37 bits per heavy atom. The molecule has 0 saturated heterocycles. The summed E-state index contributed by atoms with van der Waals surface area (Å²) in [4.78, 5) is 2.13. The normalized spacial score (nSPS) is 11.1. The Kier molecular flexibility index (Phi) is 8.59. The Balaban J connectivity index is 2.30. The second-order valence-electron chi connectivity index (χ2n) is 6.83. The van der Waals surface area contributed by atoms with Crippen LogP contribution in [0.15, 0.2) is 34.8 Å². The van der Waals surface area contributed by atoms with Gasteiger partial charge in [-0.25, -0.2) is 0 Å². The van der Waals surface area contributed by atoms with Gasteiger partial charge < -0.3 is 16.0 Å². The number of hydrogen-bond acceptors (Lipinski definition) is 3. The highest BCUT2D eigenvalue weighted by Gasteiger charge is 2.20. The number of nitrogens with zero attached hydrogens (tertiary/aromatic N) is 1. The van der Waals surface area contributed by atoms with Gasteiger partial charge in [-0.1, -0.05) is 56.0 Å². The molecule has 0 spiro atoms. The lowest BCUT2D eigenvalue weighted by atomic mass is 9.88. The van der Waals surface area contributed by atoms with Crippen molar-refractivity contribution in [2.75, 3.05) is 29.7 Å². The van der Waals surface area contributed by atoms with Crippen molar-refractivity contribution in [1.29, 1.82) is 0 Å². The van der Waals surface area contributed by atoms with Gasteiger partial charge in [-0.3, -0.25) is 0 Å². The molecule has 0 bridgehead atoms. The number of halogens is 3. The van der Waals surface area contributed by atoms with Gasteiger partial charge in [-0.05, 0) is 64.5 Å². The van der Waals surface area contributed by atoms with Crippen molar-refractivity contribution in [3.8, 4) is 0 Å². The minimum atomic E-state index is 0.485. The second-order valence-corrected chi connectivity index (χ2v) is 8.53. The molecule has 0 aromatic heterocycles. The van der Waals surface area contributed by atoms with Crippen LogP contribution in [0.3, 0.4) is 0 Å². The molecule has 2 aromatic carbocycles. The lowest BCUT2D eigenvalue weighted by molar-refractivity contribution is 0.560. The predicted molar refractivity (Wildman–Crippen MR) is 124 cm³/mol. The van der Waals surface area contributed by atoms with Gasteiger partial charge in [-0.2, -0.15) is 0 Å². The Morgan fingerprint density at radius 1 is 1.11 bits per heavy atom. The molecular formula is C21H28BrCl2N3. The third-order valence-electron chi connectivity index (χ3n) is 4.73. The van der Waals surface area contributed by atoms with Gasteiger partial charge in [0.25, 0.3) is 0 Å². The van der Waals surface area contributed by atoms with E-state index < -0.39 is 0 Å². The van der Waals surface area contributed by atoms with E-state index in [0.717, 1.165) is 41.5 Å². The van der Waals surface area contributed by atoms with Gasteiger partial charge in [0, 0.05) is 22.2 Å². The highest BCUT2D eigenvalue weighted by Crippen LogP contribution is 2.40. The maximum absolute atomic E-state index is 6.41. The van der Waals surface area contributed by atoms with Crippen LogP contribution in [0.25, 0.3) is 0 Å². The van der Waals surface area contributed by atoms with Crippen molar-refractivity contribution < 1.29 is 0 Å². The zero-order valence-corrected chi connectivity index (χ0v) is 19.3. The Bertz CT molecular complexity index is 761. The van der Waals surface area contributed by atoms with Crippen LogP contribution >= 0.6 is 39.1 Å². The van der Waals surface area contributed by atoms with Gasteiger partial charge in [0.2, 0.25) is 0 Å². The maximum atomic E-state index is 6.41. The molecule has 0 unspecified atom stereocenters. The van der Waals surface area contributed by atoms with Gasteiger partial charge in [0.15, 0.2) is 0 Å². The summed E-state index contributed by atoms with van der Waals surface area (Å²) in [6.07, 6.45) is 4.58. The fourth-order valence-electron chi connectivity index (χ4n) is 3.42. The third-order valence-corrected chi connectivity index (χ3v) is 5.95. The zero-order chi connectivity index (χ0) is 20.0. The van der Waals surface area contributed by atoms with E-state index in [2.05, 4.69) is 46.1 Å². The summed E-state index contributed by atoms with van der Waals surface area (Å²) in [7, 11) is 2.04. The fraction of sp³-hybridized carbons (Fsp3) is 0.429. The summed E-state index contributed by atoms with van der Waals surface area (Å²) in [6, 6.07) is 9.76. The largest absolute Gasteiger partial charge is 0.396 e. The van der Waals surface area contributed by atoms with Crippen LogP contribution < -0.4 is 16.0 Å². The van der Waals surface area contributed by atoms with Crippen molar-refractivity contribution in [3.05, 3.63) is 50.4 Å². The maximum Gasteiger partial charge on any atom is 0.0874 e. The molecule has 0 amide bonds. The number of anilines is 3. The summed E-state index contributed by atoms with van der Waals surface area (Å²) in [6.45, 7) is 5.05. The van der Waals surface area contributed by atoms with Crippen molar-refractivity contribution >= 4 is 56.2 Å². The lowest BCUT2D eigenvalue weighted by Crippen LogP contribution is -2.27. The molecule has 0 aliphatic carbocycles. The molecule has 0 atom stereocenters. The van der Waals surface area contributed by atoms with E-state index in [1.807, 2.05) is 31.3 Å². The molecule has 2 rings (SSSR count).